The van der Waals surface area contributed by atoms with Crippen LogP contribution in [0.5, 0.6) is 0 Å². The predicted molar refractivity (Wildman–Crippen MR) is 95.9 cm³/mol. The van der Waals surface area contributed by atoms with Gasteiger partial charge in [0, 0.05) is 28.7 Å². The number of carbonyl (C=O) groups excluding carboxylic acids is 1. The Hall–Kier alpha value is -2.60. The second-order valence-corrected chi connectivity index (χ2v) is 7.28. The molecule has 1 aliphatic carbocycles. The third-order valence-electron chi connectivity index (χ3n) is 4.10. The number of hydrogen-bond donors (Lipinski definition) is 0. The zero-order chi connectivity index (χ0) is 17.1. The van der Waals surface area contributed by atoms with Crippen molar-refractivity contribution < 1.29 is 9.53 Å². The van der Waals surface area contributed by atoms with Crippen LogP contribution in [0.2, 0.25) is 0 Å². The van der Waals surface area contributed by atoms with Crippen molar-refractivity contribution in [2.24, 2.45) is 0 Å². The molecule has 2 heterocycles. The highest BCUT2D eigenvalue weighted by molar-refractivity contribution is 8.00. The number of ether oxygens (including phenoxy) is 1. The molecule has 5 nitrogen and oxygen atoms in total. The van der Waals surface area contributed by atoms with Gasteiger partial charge in [0.15, 0.2) is 5.69 Å². The first-order chi connectivity index (χ1) is 12.3. The molecule has 0 N–H and O–H groups in total. The highest BCUT2D eigenvalue weighted by atomic mass is 32.2. The van der Waals surface area contributed by atoms with Crippen LogP contribution in [0, 0.1) is 0 Å². The minimum absolute atomic E-state index is 0.0141. The van der Waals surface area contributed by atoms with Gasteiger partial charge >= 0.3 is 5.97 Å². The smallest absolute Gasteiger partial charge is 0.359 e. The van der Waals surface area contributed by atoms with Gasteiger partial charge in [-0.1, -0.05) is 18.2 Å². The van der Waals surface area contributed by atoms with Crippen LogP contribution in [-0.2, 0) is 4.74 Å². The lowest BCUT2D eigenvalue weighted by atomic mass is 9.95. The molecule has 1 aliphatic rings. The van der Waals surface area contributed by atoms with E-state index in [0.717, 1.165) is 18.5 Å². The summed E-state index contributed by atoms with van der Waals surface area (Å²) in [5, 5.41) is 4.80. The van der Waals surface area contributed by atoms with E-state index >= 15 is 0 Å². The molecule has 0 unspecified atom stereocenters. The van der Waals surface area contributed by atoms with Crippen molar-refractivity contribution in [2.75, 3.05) is 0 Å². The summed E-state index contributed by atoms with van der Waals surface area (Å²) in [4.78, 5) is 17.5. The number of carbonyl (C=O) groups is 1. The molecule has 0 aliphatic heterocycles. The van der Waals surface area contributed by atoms with Crippen LogP contribution in [0.3, 0.4) is 0 Å². The molecule has 0 spiro atoms. The summed E-state index contributed by atoms with van der Waals surface area (Å²) in [5.41, 5.74) is 1.19. The van der Waals surface area contributed by atoms with E-state index in [1.807, 2.05) is 42.1 Å². The van der Waals surface area contributed by atoms with Gasteiger partial charge in [0.1, 0.15) is 6.10 Å². The SMILES string of the molecule is O=C(OC1CC(Sc2ccccc2)C1)c1ccn(-c2ccncc2)n1. The van der Waals surface area contributed by atoms with Crippen molar-refractivity contribution in [3.05, 3.63) is 72.8 Å². The second kappa shape index (κ2) is 7.11. The average Bonchev–Trinajstić information content (AvgIpc) is 3.12. The molecule has 0 saturated heterocycles. The topological polar surface area (TPSA) is 57.0 Å². The lowest BCUT2D eigenvalue weighted by Gasteiger charge is -2.33. The number of nitrogens with zero attached hydrogens (tertiary/aromatic N) is 3. The molecule has 6 heteroatoms. The summed E-state index contributed by atoms with van der Waals surface area (Å²) in [7, 11) is 0. The van der Waals surface area contributed by atoms with E-state index in [4.69, 9.17) is 4.74 Å². The number of pyridine rings is 1. The lowest BCUT2D eigenvalue weighted by Crippen LogP contribution is -2.35. The number of benzene rings is 1. The van der Waals surface area contributed by atoms with Gasteiger partial charge in [-0.05, 0) is 43.2 Å². The molecule has 0 radical (unpaired) electrons. The van der Waals surface area contributed by atoms with Crippen LogP contribution in [0.15, 0.2) is 72.0 Å². The highest BCUT2D eigenvalue weighted by Gasteiger charge is 2.33. The first kappa shape index (κ1) is 15.9. The van der Waals surface area contributed by atoms with Gasteiger partial charge in [0.2, 0.25) is 0 Å². The van der Waals surface area contributed by atoms with Crippen molar-refractivity contribution in [1.29, 1.82) is 0 Å². The van der Waals surface area contributed by atoms with E-state index in [9.17, 15) is 4.79 Å². The predicted octanol–water partition coefficient (Wildman–Crippen LogP) is 3.75. The zero-order valence-electron chi connectivity index (χ0n) is 13.5. The molecule has 25 heavy (non-hydrogen) atoms. The maximum absolute atomic E-state index is 12.2. The van der Waals surface area contributed by atoms with Crippen LogP contribution in [0.4, 0.5) is 0 Å². The van der Waals surface area contributed by atoms with Gasteiger partial charge in [0.05, 0.1) is 5.69 Å². The molecule has 3 aromatic rings. The molecular weight excluding hydrogens is 334 g/mol. The number of aromatic nitrogens is 3. The third-order valence-corrected chi connectivity index (χ3v) is 5.36. The molecule has 1 saturated carbocycles. The normalized spacial score (nSPS) is 19.2. The summed E-state index contributed by atoms with van der Waals surface area (Å²) in [6.45, 7) is 0. The van der Waals surface area contributed by atoms with Crippen LogP contribution in [0.1, 0.15) is 23.3 Å². The van der Waals surface area contributed by atoms with Crippen LogP contribution in [-0.4, -0.2) is 32.1 Å². The third kappa shape index (κ3) is 3.74. The summed E-state index contributed by atoms with van der Waals surface area (Å²) in [6, 6.07) is 15.7. The quantitative estimate of drug-likeness (QED) is 0.655. The zero-order valence-corrected chi connectivity index (χ0v) is 14.3. The van der Waals surface area contributed by atoms with Gasteiger partial charge < -0.3 is 4.74 Å². The molecular formula is C19H17N3O2S. The fourth-order valence-corrected chi connectivity index (χ4v) is 4.01. The minimum Gasteiger partial charge on any atom is -0.458 e. The molecule has 1 aromatic carbocycles. The lowest BCUT2D eigenvalue weighted by molar-refractivity contribution is 0.0103. The van der Waals surface area contributed by atoms with Crippen molar-refractivity contribution in [3.63, 3.8) is 0 Å². The Balaban J connectivity index is 1.30. The van der Waals surface area contributed by atoms with Crippen molar-refractivity contribution >= 4 is 17.7 Å². The maximum Gasteiger partial charge on any atom is 0.359 e. The standard InChI is InChI=1S/C19H17N3O2S/c23-19(18-8-11-22(21-18)14-6-9-20-10-7-14)24-15-12-17(13-15)25-16-4-2-1-3-5-16/h1-11,15,17H,12-13H2. The van der Waals surface area contributed by atoms with Crippen LogP contribution < -0.4 is 0 Å². The Morgan fingerprint density at radius 1 is 1.08 bits per heavy atom. The van der Waals surface area contributed by atoms with Gasteiger partial charge in [-0.15, -0.1) is 11.8 Å². The Kier molecular flexibility index (Phi) is 4.52. The van der Waals surface area contributed by atoms with E-state index in [1.54, 1.807) is 29.3 Å². The molecule has 0 bridgehead atoms. The Morgan fingerprint density at radius 2 is 1.84 bits per heavy atom. The molecule has 2 aromatic heterocycles. The maximum atomic E-state index is 12.2. The molecule has 126 valence electrons. The fourth-order valence-electron chi connectivity index (χ4n) is 2.69. The molecule has 4 rings (SSSR count). The second-order valence-electron chi connectivity index (χ2n) is 5.90. The van der Waals surface area contributed by atoms with E-state index in [1.165, 1.54) is 4.90 Å². The molecule has 0 atom stereocenters. The van der Waals surface area contributed by atoms with Gasteiger partial charge in [-0.3, -0.25) is 4.98 Å². The van der Waals surface area contributed by atoms with Gasteiger partial charge in [-0.2, -0.15) is 5.10 Å². The first-order valence-electron chi connectivity index (χ1n) is 8.17. The molecule has 1 fully saturated rings. The summed E-state index contributed by atoms with van der Waals surface area (Å²) >= 11 is 1.84. The largest absolute Gasteiger partial charge is 0.458 e. The molecule has 0 amide bonds. The summed E-state index contributed by atoms with van der Waals surface area (Å²) in [5.74, 6) is -0.360. The summed E-state index contributed by atoms with van der Waals surface area (Å²) < 4.78 is 7.20. The fraction of sp³-hybridized carbons (Fsp3) is 0.211. The number of hydrogen-bond acceptors (Lipinski definition) is 5. The Bertz CT molecular complexity index is 845. The number of esters is 1. The van der Waals surface area contributed by atoms with Crippen molar-refractivity contribution in [1.82, 2.24) is 14.8 Å². The monoisotopic (exact) mass is 351 g/mol. The average molecular weight is 351 g/mol. The Morgan fingerprint density at radius 3 is 2.60 bits per heavy atom. The van der Waals surface area contributed by atoms with Crippen LogP contribution >= 0.6 is 11.8 Å². The van der Waals surface area contributed by atoms with E-state index < -0.39 is 0 Å². The van der Waals surface area contributed by atoms with Gasteiger partial charge in [-0.25, -0.2) is 9.48 Å². The summed E-state index contributed by atoms with van der Waals surface area (Å²) in [6.07, 6.45) is 6.88. The van der Waals surface area contributed by atoms with Crippen molar-refractivity contribution in [3.8, 4) is 5.69 Å². The van der Waals surface area contributed by atoms with Crippen molar-refractivity contribution in [2.45, 2.75) is 29.1 Å². The first-order valence-corrected chi connectivity index (χ1v) is 9.04. The number of thioether (sulfide) groups is 1. The minimum atomic E-state index is -0.360. The highest BCUT2D eigenvalue weighted by Crippen LogP contribution is 2.38. The van der Waals surface area contributed by atoms with E-state index in [2.05, 4.69) is 22.2 Å². The number of rotatable bonds is 5. The van der Waals surface area contributed by atoms with E-state index in [-0.39, 0.29) is 12.1 Å². The van der Waals surface area contributed by atoms with Crippen LogP contribution in [0.25, 0.3) is 5.69 Å². The van der Waals surface area contributed by atoms with E-state index in [0.29, 0.717) is 10.9 Å². The Labute approximate surface area is 150 Å². The van der Waals surface area contributed by atoms with Gasteiger partial charge in [0.25, 0.3) is 0 Å².